The fourth-order valence-corrected chi connectivity index (χ4v) is 2.91. The number of rotatable bonds is 8. The molecule has 0 saturated carbocycles. The maximum absolute atomic E-state index is 12.2. The van der Waals surface area contributed by atoms with Crippen LogP contribution in [0, 0.1) is 24.2 Å². The van der Waals surface area contributed by atoms with Crippen molar-refractivity contribution in [2.75, 3.05) is 13.2 Å². The Morgan fingerprint density at radius 3 is 2.73 bits per heavy atom. The van der Waals surface area contributed by atoms with Gasteiger partial charge in [0.05, 0.1) is 18.2 Å². The second-order valence-corrected chi connectivity index (χ2v) is 7.05. The second-order valence-electron chi connectivity index (χ2n) is 6.16. The third-order valence-electron chi connectivity index (χ3n) is 3.33. The Bertz CT molecular complexity index is 823. The Hall–Kier alpha value is -2.72. The first kappa shape index (κ1) is 19.6. The highest BCUT2D eigenvalue weighted by atomic mass is 32.1. The Labute approximate surface area is 156 Å². The van der Waals surface area contributed by atoms with E-state index in [0.29, 0.717) is 23.3 Å². The van der Waals surface area contributed by atoms with E-state index in [0.717, 1.165) is 5.69 Å². The minimum absolute atomic E-state index is 0.289. The standard InChI is InChI=1S/C19H20N2O4S/c1-12(2)9-24-15-6-4-5-14(7-15)19(23)25-10-17(22)16(8-20)18-21-13(3)11-26-18/h4-7,11-12,16H,9-10H2,1-3H3/t16-/m0/s1. The Kier molecular flexibility index (Phi) is 6.87. The monoisotopic (exact) mass is 372 g/mol. The molecular weight excluding hydrogens is 352 g/mol. The molecule has 0 aliphatic carbocycles. The van der Waals surface area contributed by atoms with Crippen LogP contribution in [-0.2, 0) is 9.53 Å². The topological polar surface area (TPSA) is 89.3 Å². The number of aromatic nitrogens is 1. The van der Waals surface area contributed by atoms with Crippen molar-refractivity contribution in [1.29, 1.82) is 5.26 Å². The zero-order chi connectivity index (χ0) is 19.1. The predicted molar refractivity (Wildman–Crippen MR) is 97.3 cm³/mol. The van der Waals surface area contributed by atoms with Gasteiger partial charge in [-0.2, -0.15) is 5.26 Å². The minimum atomic E-state index is -1.03. The van der Waals surface area contributed by atoms with Crippen molar-refractivity contribution < 1.29 is 19.1 Å². The van der Waals surface area contributed by atoms with Gasteiger partial charge >= 0.3 is 5.97 Å². The van der Waals surface area contributed by atoms with E-state index in [2.05, 4.69) is 4.98 Å². The zero-order valence-corrected chi connectivity index (χ0v) is 15.7. The molecule has 2 aromatic rings. The average molecular weight is 372 g/mol. The van der Waals surface area contributed by atoms with E-state index < -0.39 is 24.3 Å². The van der Waals surface area contributed by atoms with Crippen molar-refractivity contribution in [1.82, 2.24) is 4.98 Å². The molecule has 1 aromatic heterocycles. The number of hydrogen-bond acceptors (Lipinski definition) is 7. The van der Waals surface area contributed by atoms with E-state index in [-0.39, 0.29) is 5.56 Å². The van der Waals surface area contributed by atoms with Crippen LogP contribution < -0.4 is 4.74 Å². The van der Waals surface area contributed by atoms with Gasteiger partial charge in [0.2, 0.25) is 0 Å². The quantitative estimate of drug-likeness (QED) is 0.659. The number of hydrogen-bond donors (Lipinski definition) is 0. The molecule has 2 rings (SSSR count). The third kappa shape index (κ3) is 5.39. The summed E-state index contributed by atoms with van der Waals surface area (Å²) < 4.78 is 10.6. The minimum Gasteiger partial charge on any atom is -0.493 e. The van der Waals surface area contributed by atoms with Gasteiger partial charge in [0.25, 0.3) is 0 Å². The summed E-state index contributed by atoms with van der Waals surface area (Å²) in [5, 5.41) is 11.4. The number of aryl methyl sites for hydroxylation is 1. The number of nitrogens with zero attached hydrogens (tertiary/aromatic N) is 2. The summed E-state index contributed by atoms with van der Waals surface area (Å²) in [6.45, 7) is 5.90. The molecule has 26 heavy (non-hydrogen) atoms. The molecule has 0 aliphatic rings. The summed E-state index contributed by atoms with van der Waals surface area (Å²) in [5.74, 6) is -1.24. The summed E-state index contributed by atoms with van der Waals surface area (Å²) >= 11 is 1.24. The van der Waals surface area contributed by atoms with Gasteiger partial charge in [-0.25, -0.2) is 9.78 Å². The lowest BCUT2D eigenvalue weighted by molar-refractivity contribution is -0.122. The fraction of sp³-hybridized carbons (Fsp3) is 0.368. The van der Waals surface area contributed by atoms with Crippen molar-refractivity contribution in [3.63, 3.8) is 0 Å². The lowest BCUT2D eigenvalue weighted by Crippen LogP contribution is -2.20. The van der Waals surface area contributed by atoms with Crippen LogP contribution >= 0.6 is 11.3 Å². The molecule has 0 aliphatic heterocycles. The van der Waals surface area contributed by atoms with Gasteiger partial charge in [0, 0.05) is 11.1 Å². The van der Waals surface area contributed by atoms with Crippen LogP contribution in [0.4, 0.5) is 0 Å². The van der Waals surface area contributed by atoms with Crippen molar-refractivity contribution in [3.8, 4) is 11.8 Å². The lowest BCUT2D eigenvalue weighted by atomic mass is 10.1. The maximum Gasteiger partial charge on any atom is 0.338 e. The van der Waals surface area contributed by atoms with Gasteiger partial charge in [-0.3, -0.25) is 4.79 Å². The average Bonchev–Trinajstić information content (AvgIpc) is 3.04. The van der Waals surface area contributed by atoms with E-state index in [1.165, 1.54) is 11.3 Å². The number of benzene rings is 1. The van der Waals surface area contributed by atoms with E-state index in [1.54, 1.807) is 36.6 Å². The molecule has 0 saturated heterocycles. The van der Waals surface area contributed by atoms with Crippen molar-refractivity contribution in [2.24, 2.45) is 5.92 Å². The van der Waals surface area contributed by atoms with Gasteiger partial charge in [-0.15, -0.1) is 11.3 Å². The van der Waals surface area contributed by atoms with E-state index in [1.807, 2.05) is 19.9 Å². The van der Waals surface area contributed by atoms with Gasteiger partial charge in [0.1, 0.15) is 10.8 Å². The van der Waals surface area contributed by atoms with Crippen molar-refractivity contribution in [3.05, 3.63) is 45.9 Å². The third-order valence-corrected chi connectivity index (χ3v) is 4.36. The number of carbonyl (C=O) groups excluding carboxylic acids is 2. The molecule has 0 spiro atoms. The SMILES string of the molecule is Cc1csc([C@@H](C#N)C(=O)COC(=O)c2cccc(OCC(C)C)c2)n1. The molecule has 1 aromatic carbocycles. The zero-order valence-electron chi connectivity index (χ0n) is 14.9. The second kappa shape index (κ2) is 9.11. The maximum atomic E-state index is 12.2. The van der Waals surface area contributed by atoms with E-state index in [4.69, 9.17) is 9.47 Å². The molecule has 6 nitrogen and oxygen atoms in total. The smallest absolute Gasteiger partial charge is 0.338 e. The van der Waals surface area contributed by atoms with Crippen LogP contribution in [0.5, 0.6) is 5.75 Å². The number of nitriles is 1. The summed E-state index contributed by atoms with van der Waals surface area (Å²) in [7, 11) is 0. The molecule has 136 valence electrons. The number of thiazole rings is 1. The van der Waals surface area contributed by atoms with E-state index >= 15 is 0 Å². The normalized spacial score (nSPS) is 11.7. The van der Waals surface area contributed by atoms with Crippen molar-refractivity contribution >= 4 is 23.1 Å². The Balaban J connectivity index is 1.96. The predicted octanol–water partition coefficient (Wildman–Crippen LogP) is 3.52. The number of carbonyl (C=O) groups is 2. The molecule has 0 bridgehead atoms. The first-order chi connectivity index (χ1) is 12.4. The highest BCUT2D eigenvalue weighted by Crippen LogP contribution is 2.21. The summed E-state index contributed by atoms with van der Waals surface area (Å²) in [6, 6.07) is 8.51. The molecule has 0 unspecified atom stereocenters. The van der Waals surface area contributed by atoms with Crippen LogP contribution in [0.3, 0.4) is 0 Å². The first-order valence-electron chi connectivity index (χ1n) is 8.15. The first-order valence-corrected chi connectivity index (χ1v) is 9.03. The number of esters is 1. The van der Waals surface area contributed by atoms with Crippen LogP contribution in [0.1, 0.15) is 40.8 Å². The summed E-state index contributed by atoms with van der Waals surface area (Å²) in [4.78, 5) is 28.5. The van der Waals surface area contributed by atoms with Gasteiger partial charge in [-0.1, -0.05) is 19.9 Å². The highest BCUT2D eigenvalue weighted by molar-refractivity contribution is 7.09. The number of ether oxygens (including phenoxy) is 2. The molecule has 0 fully saturated rings. The summed E-state index contributed by atoms with van der Waals surface area (Å²) in [6.07, 6.45) is 0. The Morgan fingerprint density at radius 1 is 1.35 bits per heavy atom. The van der Waals surface area contributed by atoms with Gasteiger partial charge < -0.3 is 9.47 Å². The lowest BCUT2D eigenvalue weighted by Gasteiger charge is -2.10. The molecule has 0 amide bonds. The number of ketones is 1. The molecule has 7 heteroatoms. The number of Topliss-reactive ketones (excluding diaryl/α,β-unsaturated/α-hetero) is 1. The van der Waals surface area contributed by atoms with Crippen LogP contribution in [-0.4, -0.2) is 30.0 Å². The van der Waals surface area contributed by atoms with Crippen LogP contribution in [0.2, 0.25) is 0 Å². The Morgan fingerprint density at radius 2 is 2.12 bits per heavy atom. The molecule has 0 N–H and O–H groups in total. The molecule has 0 radical (unpaired) electrons. The molecule has 1 atom stereocenters. The van der Waals surface area contributed by atoms with Gasteiger partial charge in [-0.05, 0) is 31.0 Å². The molecule has 1 heterocycles. The van der Waals surface area contributed by atoms with Crippen molar-refractivity contribution in [2.45, 2.75) is 26.7 Å². The largest absolute Gasteiger partial charge is 0.493 e. The van der Waals surface area contributed by atoms with Gasteiger partial charge in [0.15, 0.2) is 18.3 Å². The fourth-order valence-electron chi connectivity index (χ4n) is 2.05. The van der Waals surface area contributed by atoms with E-state index in [9.17, 15) is 14.9 Å². The summed E-state index contributed by atoms with van der Waals surface area (Å²) in [5.41, 5.74) is 1.03. The van der Waals surface area contributed by atoms with Crippen LogP contribution in [0.15, 0.2) is 29.6 Å². The highest BCUT2D eigenvalue weighted by Gasteiger charge is 2.24. The molecular formula is C19H20N2O4S. The van der Waals surface area contributed by atoms with Crippen LogP contribution in [0.25, 0.3) is 0 Å².